The van der Waals surface area contributed by atoms with Crippen LogP contribution in [0.15, 0.2) is 29.3 Å². The molecule has 5 nitrogen and oxygen atoms in total. The topological polar surface area (TPSA) is 84.7 Å². The fourth-order valence-corrected chi connectivity index (χ4v) is 2.11. The van der Waals surface area contributed by atoms with Crippen molar-refractivity contribution in [2.45, 2.75) is 12.5 Å². The third-order valence-electron chi connectivity index (χ3n) is 2.99. The van der Waals surface area contributed by atoms with Crippen LogP contribution in [-0.2, 0) is 10.3 Å². The summed E-state index contributed by atoms with van der Waals surface area (Å²) in [6.07, 6.45) is 0. The van der Waals surface area contributed by atoms with Crippen LogP contribution < -0.4 is 11.5 Å². The summed E-state index contributed by atoms with van der Waals surface area (Å²) in [5.74, 6) is -0.185. The minimum absolute atomic E-state index is 0.0451. The summed E-state index contributed by atoms with van der Waals surface area (Å²) >= 11 is 0. The predicted octanol–water partition coefficient (Wildman–Crippen LogP) is 0.313. The highest BCUT2D eigenvalue weighted by Crippen LogP contribution is 2.29. The molecule has 0 aliphatic carbocycles. The summed E-state index contributed by atoms with van der Waals surface area (Å²) in [7, 11) is 1.72. The summed E-state index contributed by atoms with van der Waals surface area (Å²) in [4.78, 5) is 17.4. The second kappa shape index (κ2) is 3.76. The standard InChI is InChI=1S/C12H16N4O/c1-12(8-4-3-5-9(13)6-8)7-16(2)11(17)10(14)15-12/h3-6H,7,13H2,1-2H3,(H2,14,15). The van der Waals surface area contributed by atoms with Crippen LogP contribution in [0.3, 0.4) is 0 Å². The highest BCUT2D eigenvalue weighted by atomic mass is 16.2. The van der Waals surface area contributed by atoms with Crippen LogP contribution >= 0.6 is 0 Å². The number of hydrogen-bond acceptors (Lipinski definition) is 4. The van der Waals surface area contributed by atoms with Crippen molar-refractivity contribution in [3.05, 3.63) is 29.8 Å². The number of carbonyl (C=O) groups excluding carboxylic acids is 1. The van der Waals surface area contributed by atoms with Crippen LogP contribution in [0.2, 0.25) is 0 Å². The lowest BCUT2D eigenvalue weighted by Gasteiger charge is -2.35. The van der Waals surface area contributed by atoms with E-state index in [1.54, 1.807) is 11.9 Å². The van der Waals surface area contributed by atoms with Gasteiger partial charge in [-0.15, -0.1) is 0 Å². The summed E-state index contributed by atoms with van der Waals surface area (Å²) < 4.78 is 0. The van der Waals surface area contributed by atoms with E-state index in [1.165, 1.54) is 0 Å². The van der Waals surface area contributed by atoms with Gasteiger partial charge >= 0.3 is 0 Å². The van der Waals surface area contributed by atoms with Gasteiger partial charge in [-0.25, -0.2) is 0 Å². The van der Waals surface area contributed by atoms with E-state index >= 15 is 0 Å². The number of rotatable bonds is 1. The number of hydrogen-bond donors (Lipinski definition) is 2. The maximum absolute atomic E-state index is 11.6. The first-order valence-corrected chi connectivity index (χ1v) is 5.39. The van der Waals surface area contributed by atoms with Gasteiger partial charge in [0.25, 0.3) is 5.91 Å². The Morgan fingerprint density at radius 1 is 1.41 bits per heavy atom. The lowest BCUT2D eigenvalue weighted by atomic mass is 9.90. The second-order valence-electron chi connectivity index (χ2n) is 4.56. The first-order valence-electron chi connectivity index (χ1n) is 5.39. The Kier molecular flexibility index (Phi) is 2.53. The van der Waals surface area contributed by atoms with E-state index in [-0.39, 0.29) is 11.7 Å². The number of likely N-dealkylation sites (N-methyl/N-ethyl adjacent to an activating group) is 1. The molecule has 1 heterocycles. The van der Waals surface area contributed by atoms with E-state index in [0.717, 1.165) is 5.56 Å². The van der Waals surface area contributed by atoms with Crippen molar-refractivity contribution in [1.82, 2.24) is 4.90 Å². The lowest BCUT2D eigenvalue weighted by Crippen LogP contribution is -2.50. The molecule has 0 radical (unpaired) electrons. The van der Waals surface area contributed by atoms with Crippen molar-refractivity contribution >= 4 is 17.4 Å². The third-order valence-corrected chi connectivity index (χ3v) is 2.99. The maximum Gasteiger partial charge on any atom is 0.288 e. The van der Waals surface area contributed by atoms with Crippen LogP contribution in [0.1, 0.15) is 12.5 Å². The normalized spacial score (nSPS) is 24.7. The van der Waals surface area contributed by atoms with Gasteiger partial charge in [0.2, 0.25) is 0 Å². The Balaban J connectivity index is 2.47. The molecule has 1 aromatic carbocycles. The molecule has 1 aliphatic heterocycles. The monoisotopic (exact) mass is 232 g/mol. The van der Waals surface area contributed by atoms with Gasteiger partial charge in [0, 0.05) is 19.3 Å². The van der Waals surface area contributed by atoms with Crippen LogP contribution in [0.4, 0.5) is 5.69 Å². The fourth-order valence-electron chi connectivity index (χ4n) is 2.11. The molecule has 4 N–H and O–H groups in total. The third kappa shape index (κ3) is 1.95. The minimum Gasteiger partial charge on any atom is -0.399 e. The lowest BCUT2D eigenvalue weighted by molar-refractivity contribution is -0.124. The molecule has 0 spiro atoms. The molecule has 1 aliphatic rings. The molecule has 1 atom stereocenters. The van der Waals surface area contributed by atoms with Gasteiger partial charge < -0.3 is 16.4 Å². The van der Waals surface area contributed by atoms with Crippen LogP contribution in [0.25, 0.3) is 0 Å². The SMILES string of the molecule is CN1CC(C)(c2cccc(N)c2)N=C(N)C1=O. The van der Waals surface area contributed by atoms with Crippen LogP contribution in [0, 0.1) is 0 Å². The van der Waals surface area contributed by atoms with Gasteiger partial charge in [-0.05, 0) is 24.6 Å². The molecule has 0 bridgehead atoms. The van der Waals surface area contributed by atoms with E-state index in [4.69, 9.17) is 11.5 Å². The molecule has 17 heavy (non-hydrogen) atoms. The second-order valence-corrected chi connectivity index (χ2v) is 4.56. The molecule has 2 rings (SSSR count). The number of anilines is 1. The molecule has 0 aromatic heterocycles. The smallest absolute Gasteiger partial charge is 0.288 e. The van der Waals surface area contributed by atoms with E-state index < -0.39 is 5.54 Å². The first-order chi connectivity index (χ1) is 7.92. The van der Waals surface area contributed by atoms with Crippen molar-refractivity contribution < 1.29 is 4.79 Å². The molecule has 0 fully saturated rings. The molecule has 5 heteroatoms. The summed E-state index contributed by atoms with van der Waals surface area (Å²) in [6, 6.07) is 7.49. The zero-order valence-corrected chi connectivity index (χ0v) is 9.97. The van der Waals surface area contributed by atoms with Crippen molar-refractivity contribution in [2.75, 3.05) is 19.3 Å². The van der Waals surface area contributed by atoms with Gasteiger partial charge in [0.1, 0.15) is 5.54 Å². The average molecular weight is 232 g/mol. The largest absolute Gasteiger partial charge is 0.399 e. The quantitative estimate of drug-likeness (QED) is 0.683. The van der Waals surface area contributed by atoms with Gasteiger partial charge in [0.15, 0.2) is 5.84 Å². The molecule has 1 amide bonds. The van der Waals surface area contributed by atoms with Gasteiger partial charge in [-0.3, -0.25) is 9.79 Å². The molecule has 90 valence electrons. The number of carbonyl (C=O) groups is 1. The summed E-state index contributed by atoms with van der Waals surface area (Å²) in [6.45, 7) is 2.44. The number of amidine groups is 1. The van der Waals surface area contributed by atoms with Crippen LogP contribution in [0.5, 0.6) is 0 Å². The number of benzene rings is 1. The number of nitrogen functional groups attached to an aromatic ring is 1. The number of nitrogens with two attached hydrogens (primary N) is 2. The van der Waals surface area contributed by atoms with Gasteiger partial charge in [-0.2, -0.15) is 0 Å². The Hall–Kier alpha value is -2.04. The first kappa shape index (κ1) is 11.4. The molecular weight excluding hydrogens is 216 g/mol. The Labute approximate surface area is 100 Å². The zero-order chi connectivity index (χ0) is 12.6. The van der Waals surface area contributed by atoms with E-state index in [1.807, 2.05) is 31.2 Å². The van der Waals surface area contributed by atoms with Gasteiger partial charge in [-0.1, -0.05) is 12.1 Å². The Bertz CT molecular complexity index is 497. The highest BCUT2D eigenvalue weighted by Gasteiger charge is 2.35. The molecule has 0 saturated carbocycles. The Morgan fingerprint density at radius 2 is 2.12 bits per heavy atom. The fraction of sp³-hybridized carbons (Fsp3) is 0.333. The Morgan fingerprint density at radius 3 is 2.71 bits per heavy atom. The zero-order valence-electron chi connectivity index (χ0n) is 9.97. The number of amides is 1. The van der Waals surface area contributed by atoms with E-state index in [2.05, 4.69) is 4.99 Å². The van der Waals surface area contributed by atoms with Crippen molar-refractivity contribution in [3.63, 3.8) is 0 Å². The minimum atomic E-state index is -0.526. The summed E-state index contributed by atoms with van der Waals surface area (Å²) in [5, 5.41) is 0. The maximum atomic E-state index is 11.6. The van der Waals surface area contributed by atoms with Crippen LogP contribution in [-0.4, -0.2) is 30.2 Å². The van der Waals surface area contributed by atoms with Crippen molar-refractivity contribution in [3.8, 4) is 0 Å². The average Bonchev–Trinajstić information content (AvgIpc) is 2.26. The molecular formula is C12H16N4O. The predicted molar refractivity (Wildman–Crippen MR) is 67.5 cm³/mol. The summed E-state index contributed by atoms with van der Waals surface area (Å²) in [5.41, 5.74) is 12.5. The molecule has 1 aromatic rings. The van der Waals surface area contributed by atoms with Gasteiger partial charge in [0.05, 0.1) is 0 Å². The number of aliphatic imine (C=N–C) groups is 1. The molecule has 1 unspecified atom stereocenters. The van der Waals surface area contributed by atoms with E-state index in [9.17, 15) is 4.79 Å². The highest BCUT2D eigenvalue weighted by molar-refractivity contribution is 6.37. The molecule has 0 saturated heterocycles. The van der Waals surface area contributed by atoms with E-state index in [0.29, 0.717) is 12.2 Å². The van der Waals surface area contributed by atoms with Crippen molar-refractivity contribution in [1.29, 1.82) is 0 Å². The number of nitrogens with zero attached hydrogens (tertiary/aromatic N) is 2. The van der Waals surface area contributed by atoms with Crippen molar-refractivity contribution in [2.24, 2.45) is 10.7 Å².